The first kappa shape index (κ1) is 12.6. The van der Waals surface area contributed by atoms with Crippen LogP contribution in [0.4, 0.5) is 0 Å². The molecule has 0 aromatic heterocycles. The second kappa shape index (κ2) is 6.15. The van der Waals surface area contributed by atoms with Gasteiger partial charge in [-0.25, -0.2) is 0 Å². The van der Waals surface area contributed by atoms with Gasteiger partial charge in [-0.05, 0) is 18.6 Å². The summed E-state index contributed by atoms with van der Waals surface area (Å²) >= 11 is 6.00. The molecule has 1 fully saturated rings. The lowest BCUT2D eigenvalue weighted by molar-refractivity contribution is 0.0922. The van der Waals surface area contributed by atoms with E-state index in [4.69, 9.17) is 16.3 Å². The molecule has 1 saturated heterocycles. The topological polar surface area (TPSA) is 29.5 Å². The number of halogens is 1. The van der Waals surface area contributed by atoms with Gasteiger partial charge in [-0.1, -0.05) is 23.7 Å². The van der Waals surface area contributed by atoms with Gasteiger partial charge in [-0.3, -0.25) is 9.69 Å². The van der Waals surface area contributed by atoms with Gasteiger partial charge in [-0.2, -0.15) is 0 Å². The predicted molar refractivity (Wildman–Crippen MR) is 67.7 cm³/mol. The predicted octanol–water partition coefficient (Wildman–Crippen LogP) is 2.25. The van der Waals surface area contributed by atoms with Crippen LogP contribution in [-0.2, 0) is 4.74 Å². The van der Waals surface area contributed by atoms with Crippen molar-refractivity contribution in [2.24, 2.45) is 0 Å². The lowest BCUT2D eigenvalue weighted by Crippen LogP contribution is -2.32. The number of hydrogen-bond acceptors (Lipinski definition) is 3. The van der Waals surface area contributed by atoms with Gasteiger partial charge < -0.3 is 4.74 Å². The number of hydrogen-bond donors (Lipinski definition) is 0. The van der Waals surface area contributed by atoms with Crippen molar-refractivity contribution in [3.8, 4) is 0 Å². The molecule has 0 atom stereocenters. The Bertz CT molecular complexity index is 387. The van der Waals surface area contributed by atoms with Crippen molar-refractivity contribution in [2.45, 2.75) is 6.42 Å². The number of ether oxygens (including phenoxy) is 1. The summed E-state index contributed by atoms with van der Waals surface area (Å²) in [5, 5.41) is 0.531. The van der Waals surface area contributed by atoms with Crippen molar-refractivity contribution in [1.29, 1.82) is 0 Å². The van der Waals surface area contributed by atoms with Crippen LogP contribution in [-0.4, -0.2) is 43.5 Å². The molecular formula is C13H16ClNO2. The maximum atomic E-state index is 12.1. The molecule has 4 heteroatoms. The van der Waals surface area contributed by atoms with E-state index in [1.54, 1.807) is 12.1 Å². The second-order valence-corrected chi connectivity index (χ2v) is 4.55. The zero-order chi connectivity index (χ0) is 12.1. The highest BCUT2D eigenvalue weighted by Gasteiger charge is 2.16. The lowest BCUT2D eigenvalue weighted by Gasteiger charge is -2.18. The van der Waals surface area contributed by atoms with Gasteiger partial charge in [0.15, 0.2) is 5.78 Å². The van der Waals surface area contributed by atoms with Crippen LogP contribution in [0.3, 0.4) is 0 Å². The second-order valence-electron chi connectivity index (χ2n) is 4.15. The van der Waals surface area contributed by atoms with E-state index < -0.39 is 0 Å². The molecule has 3 nitrogen and oxygen atoms in total. The van der Waals surface area contributed by atoms with Gasteiger partial charge in [0.05, 0.1) is 18.2 Å². The highest BCUT2D eigenvalue weighted by Crippen LogP contribution is 2.16. The molecule has 0 N–H and O–H groups in total. The van der Waals surface area contributed by atoms with Crippen molar-refractivity contribution >= 4 is 17.4 Å². The smallest absolute Gasteiger partial charge is 0.178 e. The molecule has 2 rings (SSSR count). The fourth-order valence-electron chi connectivity index (χ4n) is 1.93. The fraction of sp³-hybridized carbons (Fsp3) is 0.462. The summed E-state index contributed by atoms with van der Waals surface area (Å²) in [5.41, 5.74) is 0.610. The fourth-order valence-corrected chi connectivity index (χ4v) is 2.17. The number of Topliss-reactive ketones (excluding diaryl/α,β-unsaturated/α-hetero) is 1. The van der Waals surface area contributed by atoms with Crippen LogP contribution >= 0.6 is 11.6 Å². The minimum absolute atomic E-state index is 0.0810. The summed E-state index contributed by atoms with van der Waals surface area (Å²) in [4.78, 5) is 14.2. The number of nitrogens with zero attached hydrogens (tertiary/aromatic N) is 1. The molecule has 0 amide bonds. The van der Waals surface area contributed by atoms with Crippen molar-refractivity contribution in [1.82, 2.24) is 4.90 Å². The first-order valence-electron chi connectivity index (χ1n) is 5.85. The molecule has 0 saturated carbocycles. The molecule has 92 valence electrons. The van der Waals surface area contributed by atoms with Gasteiger partial charge in [0.2, 0.25) is 0 Å². The molecule has 1 aliphatic rings. The number of carbonyl (C=O) groups excluding carboxylic acids is 1. The molecular weight excluding hydrogens is 238 g/mol. The zero-order valence-electron chi connectivity index (χ0n) is 9.69. The van der Waals surface area contributed by atoms with Crippen LogP contribution in [0.15, 0.2) is 24.3 Å². The molecule has 1 aromatic rings. The molecule has 0 aliphatic carbocycles. The molecule has 1 heterocycles. The Kier molecular flexibility index (Phi) is 4.54. The normalized spacial score (nSPS) is 17.7. The van der Waals surface area contributed by atoms with Crippen molar-refractivity contribution < 1.29 is 9.53 Å². The van der Waals surface area contributed by atoms with E-state index >= 15 is 0 Å². The van der Waals surface area contributed by atoms with E-state index in [0.717, 1.165) is 26.1 Å². The summed E-state index contributed by atoms with van der Waals surface area (Å²) in [7, 11) is 0. The minimum Gasteiger partial charge on any atom is -0.380 e. The average Bonchev–Trinajstić information content (AvgIpc) is 2.58. The molecule has 1 aliphatic heterocycles. The zero-order valence-corrected chi connectivity index (χ0v) is 10.4. The van der Waals surface area contributed by atoms with E-state index in [9.17, 15) is 4.79 Å². The van der Waals surface area contributed by atoms with Gasteiger partial charge in [0.25, 0.3) is 0 Å². The van der Waals surface area contributed by atoms with E-state index in [1.807, 2.05) is 12.1 Å². The quantitative estimate of drug-likeness (QED) is 0.774. The van der Waals surface area contributed by atoms with E-state index in [2.05, 4.69) is 4.90 Å². The van der Waals surface area contributed by atoms with E-state index in [-0.39, 0.29) is 5.78 Å². The molecule has 0 radical (unpaired) electrons. The van der Waals surface area contributed by atoms with Crippen molar-refractivity contribution in [2.75, 3.05) is 32.8 Å². The largest absolute Gasteiger partial charge is 0.380 e. The van der Waals surface area contributed by atoms with E-state index in [0.29, 0.717) is 23.7 Å². The van der Waals surface area contributed by atoms with E-state index in [1.165, 1.54) is 0 Å². The first-order chi connectivity index (χ1) is 8.27. The Balaban J connectivity index is 1.98. The van der Waals surface area contributed by atoms with Crippen LogP contribution in [0.5, 0.6) is 0 Å². The lowest BCUT2D eigenvalue weighted by atomic mass is 10.1. The molecule has 17 heavy (non-hydrogen) atoms. The maximum Gasteiger partial charge on any atom is 0.178 e. The summed E-state index contributed by atoms with van der Waals surface area (Å²) in [5.74, 6) is 0.0810. The molecule has 0 unspecified atom stereocenters. The average molecular weight is 254 g/mol. The number of carbonyl (C=O) groups is 1. The molecule has 0 spiro atoms. The van der Waals surface area contributed by atoms with Crippen molar-refractivity contribution in [3.05, 3.63) is 34.9 Å². The van der Waals surface area contributed by atoms with Gasteiger partial charge >= 0.3 is 0 Å². The molecule has 1 aromatic carbocycles. The number of rotatable bonds is 3. The summed E-state index contributed by atoms with van der Waals surface area (Å²) in [6, 6.07) is 7.20. The van der Waals surface area contributed by atoms with Crippen LogP contribution in [0.25, 0.3) is 0 Å². The summed E-state index contributed by atoms with van der Waals surface area (Å²) in [6.45, 7) is 3.64. The Morgan fingerprint density at radius 3 is 2.94 bits per heavy atom. The van der Waals surface area contributed by atoms with Gasteiger partial charge in [0.1, 0.15) is 0 Å². The van der Waals surface area contributed by atoms with Crippen LogP contribution in [0.2, 0.25) is 5.02 Å². The molecule has 0 bridgehead atoms. The van der Waals surface area contributed by atoms with Crippen LogP contribution in [0, 0.1) is 0 Å². The maximum absolute atomic E-state index is 12.1. The highest BCUT2D eigenvalue weighted by atomic mass is 35.5. The Morgan fingerprint density at radius 1 is 1.29 bits per heavy atom. The van der Waals surface area contributed by atoms with Crippen LogP contribution < -0.4 is 0 Å². The standard InChI is InChI=1S/C13H16ClNO2/c14-12-5-2-1-4-11(12)13(16)10-15-6-3-8-17-9-7-15/h1-2,4-5H,3,6-10H2. The van der Waals surface area contributed by atoms with Crippen molar-refractivity contribution in [3.63, 3.8) is 0 Å². The third kappa shape index (κ3) is 3.53. The SMILES string of the molecule is O=C(CN1CCCOCC1)c1ccccc1Cl. The third-order valence-electron chi connectivity index (χ3n) is 2.86. The summed E-state index contributed by atoms with van der Waals surface area (Å²) < 4.78 is 5.36. The first-order valence-corrected chi connectivity index (χ1v) is 6.23. The monoisotopic (exact) mass is 253 g/mol. The van der Waals surface area contributed by atoms with Gasteiger partial charge in [-0.15, -0.1) is 0 Å². The minimum atomic E-state index is 0.0810. The third-order valence-corrected chi connectivity index (χ3v) is 3.19. The Morgan fingerprint density at radius 2 is 2.12 bits per heavy atom. The van der Waals surface area contributed by atoms with Crippen LogP contribution in [0.1, 0.15) is 16.8 Å². The highest BCUT2D eigenvalue weighted by molar-refractivity contribution is 6.34. The number of benzene rings is 1. The van der Waals surface area contributed by atoms with Gasteiger partial charge in [0, 0.05) is 25.3 Å². The Hall–Kier alpha value is -0.900. The summed E-state index contributed by atoms with van der Waals surface area (Å²) in [6.07, 6.45) is 0.982. The number of ketones is 1. The Labute approximate surface area is 106 Å².